The van der Waals surface area contributed by atoms with Crippen molar-refractivity contribution in [1.82, 2.24) is 10.5 Å². The van der Waals surface area contributed by atoms with Crippen molar-refractivity contribution in [3.05, 3.63) is 24.0 Å². The summed E-state index contributed by atoms with van der Waals surface area (Å²) in [6.45, 7) is 1.48. The first-order valence-corrected chi connectivity index (χ1v) is 5.82. The molecule has 0 fully saturated rings. The van der Waals surface area contributed by atoms with Gasteiger partial charge in [-0.1, -0.05) is 11.2 Å². The van der Waals surface area contributed by atoms with Crippen molar-refractivity contribution < 1.29 is 18.9 Å². The summed E-state index contributed by atoms with van der Waals surface area (Å²) in [5, 5.41) is 8.49. The number of aryl methyl sites for hydroxylation is 1. The van der Waals surface area contributed by atoms with Gasteiger partial charge in [0.25, 0.3) is 5.91 Å². The Morgan fingerprint density at radius 1 is 1.45 bits per heavy atom. The molecular weight excluding hydrogens is 264 g/mol. The second-order valence-corrected chi connectivity index (χ2v) is 4.09. The van der Waals surface area contributed by atoms with Crippen molar-refractivity contribution in [2.75, 3.05) is 11.9 Å². The van der Waals surface area contributed by atoms with Crippen LogP contribution in [-0.2, 0) is 14.4 Å². The monoisotopic (exact) mass is 276 g/mol. The van der Waals surface area contributed by atoms with Gasteiger partial charge in [0.05, 0.1) is 12.5 Å². The molecule has 8 heteroatoms. The molecule has 0 bridgehead atoms. The van der Waals surface area contributed by atoms with Gasteiger partial charge in [-0.3, -0.25) is 14.4 Å². The zero-order valence-corrected chi connectivity index (χ0v) is 10.6. The number of aromatic nitrogens is 1. The molecular formula is C12H12N4O4. The summed E-state index contributed by atoms with van der Waals surface area (Å²) in [5.41, 5.74) is 0. The molecule has 0 spiro atoms. The third-order valence-corrected chi connectivity index (χ3v) is 2.43. The zero-order valence-electron chi connectivity index (χ0n) is 10.6. The lowest BCUT2D eigenvalue weighted by molar-refractivity contribution is -0.124. The Kier molecular flexibility index (Phi) is 4.04. The molecule has 0 saturated carbocycles. The second-order valence-electron chi connectivity index (χ2n) is 4.09. The van der Waals surface area contributed by atoms with E-state index in [1.165, 1.54) is 18.4 Å². The van der Waals surface area contributed by atoms with Gasteiger partial charge in [-0.05, 0) is 6.92 Å². The lowest BCUT2D eigenvalue weighted by atomic mass is 10.1. The lowest BCUT2D eigenvalue weighted by Crippen LogP contribution is -2.37. The van der Waals surface area contributed by atoms with Gasteiger partial charge in [0.15, 0.2) is 5.82 Å². The third-order valence-electron chi connectivity index (χ3n) is 2.43. The van der Waals surface area contributed by atoms with E-state index >= 15 is 0 Å². The van der Waals surface area contributed by atoms with Crippen LogP contribution in [0.1, 0.15) is 5.76 Å². The minimum Gasteiger partial charge on any atom is -0.360 e. The van der Waals surface area contributed by atoms with E-state index < -0.39 is 23.6 Å². The van der Waals surface area contributed by atoms with E-state index in [9.17, 15) is 14.4 Å². The van der Waals surface area contributed by atoms with E-state index in [0.717, 1.165) is 0 Å². The average Bonchev–Trinajstić information content (AvgIpc) is 2.82. The average molecular weight is 276 g/mol. The van der Waals surface area contributed by atoms with Gasteiger partial charge in [0.2, 0.25) is 11.8 Å². The van der Waals surface area contributed by atoms with Gasteiger partial charge in [-0.15, -0.1) is 0 Å². The van der Waals surface area contributed by atoms with E-state index in [0.29, 0.717) is 5.76 Å². The van der Waals surface area contributed by atoms with Gasteiger partial charge < -0.3 is 15.2 Å². The highest BCUT2D eigenvalue weighted by Gasteiger charge is 2.17. The highest BCUT2D eigenvalue weighted by molar-refractivity contribution is 6.06. The summed E-state index contributed by atoms with van der Waals surface area (Å²) >= 11 is 0. The summed E-state index contributed by atoms with van der Waals surface area (Å²) in [6.07, 6.45) is 3.86. The second kappa shape index (κ2) is 5.91. The van der Waals surface area contributed by atoms with Crippen LogP contribution in [0.3, 0.4) is 0 Å². The van der Waals surface area contributed by atoms with Gasteiger partial charge in [0, 0.05) is 18.4 Å². The number of amides is 3. The maximum atomic E-state index is 11.7. The van der Waals surface area contributed by atoms with E-state index in [1.807, 2.05) is 0 Å². The number of dihydropyridines is 1. The molecule has 1 atom stereocenters. The predicted octanol–water partition coefficient (Wildman–Crippen LogP) is -0.179. The number of carbonyl (C=O) groups is 3. The summed E-state index contributed by atoms with van der Waals surface area (Å²) in [4.78, 5) is 37.5. The maximum absolute atomic E-state index is 11.7. The first-order valence-electron chi connectivity index (χ1n) is 5.82. The molecule has 1 aromatic rings. The van der Waals surface area contributed by atoms with E-state index in [-0.39, 0.29) is 12.4 Å². The standard InChI is InChI=1S/C12H12N4O4/c1-7-4-9(16-20-7)15-11(18)6-14-12(19)8-2-3-10(17)13-5-8/h2-5,8H,6H2,1H3,(H,14,19)(H,15,16,18). The lowest BCUT2D eigenvalue weighted by Gasteiger charge is -2.10. The van der Waals surface area contributed by atoms with Gasteiger partial charge in [0.1, 0.15) is 5.76 Å². The Morgan fingerprint density at radius 3 is 2.85 bits per heavy atom. The summed E-state index contributed by atoms with van der Waals surface area (Å²) in [5.74, 6) is -1.05. The minimum absolute atomic E-state index is 0.211. The number of aliphatic imine (C=N–C) groups is 1. The SMILES string of the molecule is Cc1cc(NC(=O)CNC(=O)C2C=CC(=O)N=C2)no1. The third kappa shape index (κ3) is 3.61. The Labute approximate surface area is 113 Å². The highest BCUT2D eigenvalue weighted by Crippen LogP contribution is 2.06. The minimum atomic E-state index is -0.644. The quantitative estimate of drug-likeness (QED) is 0.792. The van der Waals surface area contributed by atoms with Crippen LogP contribution in [0.15, 0.2) is 27.7 Å². The largest absolute Gasteiger partial charge is 0.360 e. The molecule has 2 rings (SSSR count). The van der Waals surface area contributed by atoms with Crippen LogP contribution >= 0.6 is 0 Å². The number of hydrogen-bond acceptors (Lipinski definition) is 5. The molecule has 3 amide bonds. The van der Waals surface area contributed by atoms with Crippen molar-refractivity contribution in [3.8, 4) is 0 Å². The van der Waals surface area contributed by atoms with E-state index in [2.05, 4.69) is 20.8 Å². The van der Waals surface area contributed by atoms with E-state index in [1.54, 1.807) is 13.0 Å². The number of rotatable bonds is 4. The molecule has 0 aromatic carbocycles. The molecule has 0 saturated heterocycles. The Morgan fingerprint density at radius 2 is 2.25 bits per heavy atom. The fourth-order valence-corrected chi connectivity index (χ4v) is 1.49. The van der Waals surface area contributed by atoms with E-state index in [4.69, 9.17) is 4.52 Å². The van der Waals surface area contributed by atoms with Crippen LogP contribution in [0.5, 0.6) is 0 Å². The number of anilines is 1. The van der Waals surface area contributed by atoms with Crippen molar-refractivity contribution in [2.24, 2.45) is 10.9 Å². The van der Waals surface area contributed by atoms with Gasteiger partial charge in [-0.25, -0.2) is 4.99 Å². The predicted molar refractivity (Wildman–Crippen MR) is 69.0 cm³/mol. The molecule has 0 radical (unpaired) electrons. The Bertz CT molecular complexity index is 586. The molecule has 0 aliphatic carbocycles. The van der Waals surface area contributed by atoms with Crippen molar-refractivity contribution in [3.63, 3.8) is 0 Å². The van der Waals surface area contributed by atoms with Crippen LogP contribution < -0.4 is 10.6 Å². The van der Waals surface area contributed by atoms with Crippen molar-refractivity contribution >= 4 is 29.8 Å². The van der Waals surface area contributed by atoms with Crippen LogP contribution in [-0.4, -0.2) is 35.6 Å². The van der Waals surface area contributed by atoms with Gasteiger partial charge in [-0.2, -0.15) is 0 Å². The molecule has 2 heterocycles. The summed E-state index contributed by atoms with van der Waals surface area (Å²) in [6, 6.07) is 1.56. The Hall–Kier alpha value is -2.77. The number of hydrogen-bond donors (Lipinski definition) is 2. The number of nitrogens with one attached hydrogen (secondary N) is 2. The molecule has 104 valence electrons. The van der Waals surface area contributed by atoms with Crippen LogP contribution in [0.4, 0.5) is 5.82 Å². The van der Waals surface area contributed by atoms with Crippen molar-refractivity contribution in [2.45, 2.75) is 6.92 Å². The zero-order chi connectivity index (χ0) is 14.5. The summed E-state index contributed by atoms with van der Waals surface area (Å²) in [7, 11) is 0. The molecule has 8 nitrogen and oxygen atoms in total. The number of carbonyl (C=O) groups excluding carboxylic acids is 3. The van der Waals surface area contributed by atoms with Gasteiger partial charge >= 0.3 is 0 Å². The topological polar surface area (TPSA) is 114 Å². The summed E-state index contributed by atoms with van der Waals surface area (Å²) < 4.78 is 4.79. The highest BCUT2D eigenvalue weighted by atomic mass is 16.5. The first-order chi connectivity index (χ1) is 9.54. The number of nitrogens with zero attached hydrogens (tertiary/aromatic N) is 2. The molecule has 2 N–H and O–H groups in total. The van der Waals surface area contributed by atoms with Crippen molar-refractivity contribution in [1.29, 1.82) is 0 Å². The fraction of sp³-hybridized carbons (Fsp3) is 0.250. The normalized spacial score (nSPS) is 17.1. The molecule has 1 aromatic heterocycles. The molecule has 20 heavy (non-hydrogen) atoms. The van der Waals surface area contributed by atoms with Crippen LogP contribution in [0, 0.1) is 12.8 Å². The molecule has 1 aliphatic heterocycles. The maximum Gasteiger partial charge on any atom is 0.269 e. The fourth-order valence-electron chi connectivity index (χ4n) is 1.49. The first kappa shape index (κ1) is 13.7. The smallest absolute Gasteiger partial charge is 0.269 e. The Balaban J connectivity index is 1.78. The molecule has 1 aliphatic rings. The van der Waals surface area contributed by atoms with Crippen LogP contribution in [0.2, 0.25) is 0 Å². The molecule has 1 unspecified atom stereocenters. The van der Waals surface area contributed by atoms with Crippen LogP contribution in [0.25, 0.3) is 0 Å².